The van der Waals surface area contributed by atoms with Crippen LogP contribution in [0.4, 0.5) is 0 Å². The molecule has 0 radical (unpaired) electrons. The summed E-state index contributed by atoms with van der Waals surface area (Å²) in [5.41, 5.74) is 1.39. The number of carbonyl (C=O) groups is 3. The molecule has 0 amide bonds. The maximum atomic E-state index is 12.9. The molecule has 1 aliphatic rings. The molecule has 0 saturated carbocycles. The number of esters is 1. The summed E-state index contributed by atoms with van der Waals surface area (Å²) in [7, 11) is 5.68. The Balaban J connectivity index is 0.00000107. The highest BCUT2D eigenvalue weighted by Crippen LogP contribution is 2.30. The number of carbonyl (C=O) groups excluding carboxylic acids is 2. The average Bonchev–Trinajstić information content (AvgIpc) is 3.29. The molecule has 0 aliphatic carbocycles. The van der Waals surface area contributed by atoms with E-state index in [4.69, 9.17) is 19.4 Å². The van der Waals surface area contributed by atoms with Crippen molar-refractivity contribution in [2.75, 3.05) is 40.8 Å². The number of aromatic amines is 1. The fraction of sp³-hybridized carbons (Fsp3) is 0.333. The van der Waals surface area contributed by atoms with Crippen LogP contribution in [-0.4, -0.2) is 83.9 Å². The van der Waals surface area contributed by atoms with E-state index in [9.17, 15) is 9.59 Å². The number of Topliss-reactive ketones (excluding diaryl/α,β-unsaturated/α-hetero) is 1. The summed E-state index contributed by atoms with van der Waals surface area (Å²) in [6.45, 7) is 2.95. The number of ketones is 1. The van der Waals surface area contributed by atoms with Crippen LogP contribution < -0.4 is 0 Å². The lowest BCUT2D eigenvalue weighted by Crippen LogP contribution is -2.29. The smallest absolute Gasteiger partial charge is 0.347 e. The third kappa shape index (κ3) is 5.70. The molecule has 0 unspecified atom stereocenters. The van der Waals surface area contributed by atoms with Crippen molar-refractivity contribution in [1.82, 2.24) is 19.8 Å². The van der Waals surface area contributed by atoms with Crippen LogP contribution in [0.5, 0.6) is 0 Å². The standard InChI is InChI=1S/C20H24N4O4.CH2O2/c1-5-27-20(26)16-17(25)15(28-19(16)24(4)10-9-23(2)3)11-13-12-22-18-14(13)7-6-8-21-18;2-1-3/h6-8,11-12H,5,9-10H2,1-4H3,(H,21,22);1H,(H,2,3). The molecular weight excluding hydrogens is 404 g/mol. The fourth-order valence-corrected chi connectivity index (χ4v) is 2.86. The number of H-pyrrole nitrogens is 1. The van der Waals surface area contributed by atoms with Crippen molar-refractivity contribution >= 4 is 35.3 Å². The summed E-state index contributed by atoms with van der Waals surface area (Å²) in [6, 6.07) is 3.71. The number of hydrogen-bond acceptors (Lipinski definition) is 8. The summed E-state index contributed by atoms with van der Waals surface area (Å²) in [6.07, 6.45) is 5.05. The van der Waals surface area contributed by atoms with Gasteiger partial charge in [0.1, 0.15) is 5.65 Å². The minimum absolute atomic E-state index is 0.0766. The Kier molecular flexibility index (Phi) is 8.33. The molecule has 1 aliphatic heterocycles. The number of fused-ring (bicyclic) bond motifs is 1. The highest BCUT2D eigenvalue weighted by atomic mass is 16.5. The molecule has 31 heavy (non-hydrogen) atoms. The number of ether oxygens (including phenoxy) is 2. The Morgan fingerprint density at radius 1 is 1.32 bits per heavy atom. The Hall–Kier alpha value is -3.66. The zero-order chi connectivity index (χ0) is 23.0. The summed E-state index contributed by atoms with van der Waals surface area (Å²) in [5, 5.41) is 7.75. The first-order chi connectivity index (χ1) is 14.8. The monoisotopic (exact) mass is 430 g/mol. The van der Waals surface area contributed by atoms with Crippen LogP contribution in [0.1, 0.15) is 12.5 Å². The zero-order valence-electron chi connectivity index (χ0n) is 17.9. The normalized spacial score (nSPS) is 14.5. The summed E-state index contributed by atoms with van der Waals surface area (Å²) in [4.78, 5) is 44.7. The molecule has 0 aromatic carbocycles. The number of rotatable bonds is 7. The SMILES string of the molecule is CCOC(=O)C1=C(N(C)CCN(C)C)OC(=Cc2c[nH]c3ncccc23)C1=O.O=CO. The first-order valence-corrected chi connectivity index (χ1v) is 9.55. The lowest BCUT2D eigenvalue weighted by atomic mass is 10.1. The topological polar surface area (TPSA) is 125 Å². The maximum absolute atomic E-state index is 12.9. The van der Waals surface area contributed by atoms with Gasteiger partial charge in [-0.2, -0.15) is 0 Å². The molecule has 2 aromatic heterocycles. The minimum atomic E-state index is -0.678. The second-order valence-electron chi connectivity index (χ2n) is 6.81. The lowest BCUT2D eigenvalue weighted by Gasteiger charge is -2.22. The Morgan fingerprint density at radius 3 is 2.68 bits per heavy atom. The van der Waals surface area contributed by atoms with Crippen LogP contribution >= 0.6 is 0 Å². The van der Waals surface area contributed by atoms with Gasteiger partial charge in [-0.3, -0.25) is 9.59 Å². The number of pyridine rings is 1. The maximum Gasteiger partial charge on any atom is 0.347 e. The van der Waals surface area contributed by atoms with Crippen LogP contribution in [0.2, 0.25) is 0 Å². The van der Waals surface area contributed by atoms with Crippen molar-refractivity contribution in [1.29, 1.82) is 0 Å². The van der Waals surface area contributed by atoms with Gasteiger partial charge in [0.25, 0.3) is 6.47 Å². The van der Waals surface area contributed by atoms with Crippen LogP contribution in [0, 0.1) is 0 Å². The Bertz CT molecular complexity index is 1010. The van der Waals surface area contributed by atoms with Gasteiger partial charge in [0.15, 0.2) is 11.3 Å². The molecule has 166 valence electrons. The van der Waals surface area contributed by atoms with Gasteiger partial charge in [0.2, 0.25) is 11.7 Å². The first kappa shape index (κ1) is 23.6. The summed E-state index contributed by atoms with van der Waals surface area (Å²) < 4.78 is 10.9. The third-order valence-corrected chi connectivity index (χ3v) is 4.35. The van der Waals surface area contributed by atoms with E-state index < -0.39 is 11.8 Å². The van der Waals surface area contributed by atoms with Crippen LogP contribution in [0.3, 0.4) is 0 Å². The Labute approximate surface area is 179 Å². The lowest BCUT2D eigenvalue weighted by molar-refractivity contribution is -0.139. The molecule has 0 fully saturated rings. The number of likely N-dealkylation sites (N-methyl/N-ethyl adjacent to an activating group) is 2. The molecule has 10 nitrogen and oxygen atoms in total. The van der Waals surface area contributed by atoms with E-state index in [2.05, 4.69) is 9.97 Å². The predicted molar refractivity (Wildman–Crippen MR) is 114 cm³/mol. The number of aromatic nitrogens is 2. The number of nitrogens with zero attached hydrogens (tertiary/aromatic N) is 3. The largest absolute Gasteiger partial charge is 0.483 e. The van der Waals surface area contributed by atoms with Gasteiger partial charge < -0.3 is 29.4 Å². The van der Waals surface area contributed by atoms with E-state index in [0.717, 1.165) is 17.5 Å². The second-order valence-corrected chi connectivity index (χ2v) is 6.81. The molecule has 2 aromatic rings. The van der Waals surface area contributed by atoms with Crippen molar-refractivity contribution in [3.8, 4) is 0 Å². The molecule has 2 N–H and O–H groups in total. The first-order valence-electron chi connectivity index (χ1n) is 9.55. The van der Waals surface area contributed by atoms with E-state index in [-0.39, 0.29) is 30.3 Å². The molecule has 0 bridgehead atoms. The van der Waals surface area contributed by atoms with Gasteiger partial charge >= 0.3 is 5.97 Å². The number of carboxylic acid groups (broad SMARTS) is 1. The molecular formula is C21H26N4O6. The van der Waals surface area contributed by atoms with Crippen LogP contribution in [0.15, 0.2) is 41.7 Å². The molecule has 0 atom stereocenters. The van der Waals surface area contributed by atoms with Gasteiger partial charge in [-0.1, -0.05) is 0 Å². The second kappa shape index (κ2) is 10.9. The molecule has 3 heterocycles. The highest BCUT2D eigenvalue weighted by molar-refractivity contribution is 6.26. The molecule has 3 rings (SSSR count). The van der Waals surface area contributed by atoms with Crippen molar-refractivity contribution in [3.05, 3.63) is 47.3 Å². The number of nitrogens with one attached hydrogen (secondary N) is 1. The minimum Gasteiger partial charge on any atom is -0.483 e. The van der Waals surface area contributed by atoms with Gasteiger partial charge in [-0.15, -0.1) is 0 Å². The fourth-order valence-electron chi connectivity index (χ4n) is 2.86. The number of hydrogen-bond donors (Lipinski definition) is 2. The highest BCUT2D eigenvalue weighted by Gasteiger charge is 2.38. The van der Waals surface area contributed by atoms with E-state index in [1.807, 2.05) is 31.1 Å². The number of allylic oxidation sites excluding steroid dienone is 1. The van der Waals surface area contributed by atoms with Crippen molar-refractivity contribution in [3.63, 3.8) is 0 Å². The van der Waals surface area contributed by atoms with Gasteiger partial charge in [0.05, 0.1) is 6.61 Å². The average molecular weight is 430 g/mol. The van der Waals surface area contributed by atoms with Crippen molar-refractivity contribution < 1.29 is 29.0 Å². The van der Waals surface area contributed by atoms with Crippen LogP contribution in [0.25, 0.3) is 17.1 Å². The summed E-state index contributed by atoms with van der Waals surface area (Å²) in [5.74, 6) is -0.861. The van der Waals surface area contributed by atoms with Gasteiger partial charge in [-0.05, 0) is 39.2 Å². The molecule has 10 heteroatoms. The summed E-state index contributed by atoms with van der Waals surface area (Å²) >= 11 is 0. The quantitative estimate of drug-likeness (QED) is 0.291. The van der Waals surface area contributed by atoms with E-state index >= 15 is 0 Å². The zero-order valence-corrected chi connectivity index (χ0v) is 17.9. The van der Waals surface area contributed by atoms with Crippen LogP contribution in [-0.2, 0) is 23.9 Å². The molecule has 0 spiro atoms. The van der Waals surface area contributed by atoms with E-state index in [0.29, 0.717) is 12.2 Å². The molecule has 0 saturated heterocycles. The third-order valence-electron chi connectivity index (χ3n) is 4.35. The Morgan fingerprint density at radius 2 is 2.03 bits per heavy atom. The van der Waals surface area contributed by atoms with E-state index in [1.54, 1.807) is 37.3 Å². The van der Waals surface area contributed by atoms with Gasteiger partial charge in [0, 0.05) is 43.5 Å². The predicted octanol–water partition coefficient (Wildman–Crippen LogP) is 1.47. The van der Waals surface area contributed by atoms with E-state index in [1.165, 1.54) is 0 Å². The van der Waals surface area contributed by atoms with Gasteiger partial charge in [-0.25, -0.2) is 9.78 Å². The van der Waals surface area contributed by atoms with Crippen molar-refractivity contribution in [2.24, 2.45) is 0 Å². The van der Waals surface area contributed by atoms with Crippen molar-refractivity contribution in [2.45, 2.75) is 6.92 Å².